The van der Waals surface area contributed by atoms with Gasteiger partial charge < -0.3 is 19.5 Å². The maximum absolute atomic E-state index is 13.0. The second kappa shape index (κ2) is 12.1. The Labute approximate surface area is 202 Å². The van der Waals surface area contributed by atoms with E-state index in [9.17, 15) is 13.2 Å². The Morgan fingerprint density at radius 2 is 1.71 bits per heavy atom. The summed E-state index contributed by atoms with van der Waals surface area (Å²) in [6.07, 6.45) is 5.63. The van der Waals surface area contributed by atoms with Crippen molar-refractivity contribution in [3.63, 3.8) is 0 Å². The van der Waals surface area contributed by atoms with E-state index in [2.05, 4.69) is 17.0 Å². The first-order valence-electron chi connectivity index (χ1n) is 11.7. The van der Waals surface area contributed by atoms with Crippen molar-refractivity contribution in [2.45, 2.75) is 62.9 Å². The number of sulfonamides is 1. The highest BCUT2D eigenvalue weighted by molar-refractivity contribution is 7.89. The van der Waals surface area contributed by atoms with Crippen molar-refractivity contribution in [3.05, 3.63) is 47.5 Å². The summed E-state index contributed by atoms with van der Waals surface area (Å²) < 4.78 is 45.1. The highest BCUT2D eigenvalue weighted by Crippen LogP contribution is 2.29. The average molecular weight is 491 g/mol. The summed E-state index contributed by atoms with van der Waals surface area (Å²) >= 11 is 0. The van der Waals surface area contributed by atoms with Crippen LogP contribution >= 0.6 is 0 Å². The lowest BCUT2D eigenvalue weighted by molar-refractivity contribution is 0.0950. The minimum atomic E-state index is -3.82. The van der Waals surface area contributed by atoms with E-state index >= 15 is 0 Å². The average Bonchev–Trinajstić information content (AvgIpc) is 3.35. The first-order valence-corrected chi connectivity index (χ1v) is 13.1. The summed E-state index contributed by atoms with van der Waals surface area (Å²) in [6, 6.07) is 9.82. The number of nitrogens with one attached hydrogen (secondary N) is 2. The van der Waals surface area contributed by atoms with Crippen LogP contribution in [0.2, 0.25) is 0 Å². The second-order valence-electron chi connectivity index (χ2n) is 8.34. The van der Waals surface area contributed by atoms with Gasteiger partial charge in [0, 0.05) is 18.2 Å². The lowest BCUT2D eigenvalue weighted by Crippen LogP contribution is -2.33. The molecule has 1 aliphatic rings. The van der Waals surface area contributed by atoms with E-state index in [-0.39, 0.29) is 34.7 Å². The third-order valence-corrected chi connectivity index (χ3v) is 7.37. The number of carbonyl (C=O) groups excluding carboxylic acids is 1. The molecule has 0 saturated heterocycles. The monoisotopic (exact) mass is 490 g/mol. The fourth-order valence-electron chi connectivity index (χ4n) is 3.91. The van der Waals surface area contributed by atoms with E-state index in [4.69, 9.17) is 14.2 Å². The van der Waals surface area contributed by atoms with Crippen molar-refractivity contribution < 1.29 is 27.4 Å². The highest BCUT2D eigenvalue weighted by Gasteiger charge is 2.26. The van der Waals surface area contributed by atoms with Crippen molar-refractivity contribution in [1.82, 2.24) is 10.0 Å². The number of benzene rings is 2. The SMILES string of the molecule is CCCCOc1ccc(CNC(=O)c2ccc(OC)c(S(=O)(=O)NC3CCCC3)c2)cc1OC. The zero-order chi connectivity index (χ0) is 24.6. The molecule has 3 rings (SSSR count). The van der Waals surface area contributed by atoms with Crippen LogP contribution in [0, 0.1) is 0 Å². The topological polar surface area (TPSA) is 103 Å². The molecule has 186 valence electrons. The molecule has 0 aromatic heterocycles. The first-order chi connectivity index (χ1) is 16.4. The van der Waals surface area contributed by atoms with Gasteiger partial charge in [0.05, 0.1) is 20.8 Å². The highest BCUT2D eigenvalue weighted by atomic mass is 32.2. The fraction of sp³-hybridized carbons (Fsp3) is 0.480. The zero-order valence-electron chi connectivity index (χ0n) is 20.1. The number of hydrogen-bond donors (Lipinski definition) is 2. The molecule has 9 heteroatoms. The first kappa shape index (κ1) is 25.8. The summed E-state index contributed by atoms with van der Waals surface area (Å²) in [6.45, 7) is 2.96. The molecule has 1 aliphatic carbocycles. The van der Waals surface area contributed by atoms with Crippen LogP contribution in [0.1, 0.15) is 61.4 Å². The second-order valence-corrected chi connectivity index (χ2v) is 10.0. The lowest BCUT2D eigenvalue weighted by atomic mass is 10.1. The van der Waals surface area contributed by atoms with Gasteiger partial charge in [-0.3, -0.25) is 4.79 Å². The molecule has 0 bridgehead atoms. The molecule has 1 amide bonds. The predicted octanol–water partition coefficient (Wildman–Crippen LogP) is 4.03. The third-order valence-electron chi connectivity index (χ3n) is 5.83. The number of methoxy groups -OCH3 is 2. The molecule has 34 heavy (non-hydrogen) atoms. The molecule has 2 N–H and O–H groups in total. The maximum atomic E-state index is 13.0. The molecule has 2 aromatic carbocycles. The predicted molar refractivity (Wildman–Crippen MR) is 130 cm³/mol. The van der Waals surface area contributed by atoms with Crippen molar-refractivity contribution in [2.75, 3.05) is 20.8 Å². The standard InChI is InChI=1S/C25H34N2O6S/c1-4-5-14-33-21-12-10-18(15-23(21)32-3)17-26-25(28)19-11-13-22(31-2)24(16-19)34(29,30)27-20-8-6-7-9-20/h10-13,15-16,20,27H,4-9,14,17H2,1-3H3,(H,26,28). The van der Waals surface area contributed by atoms with Crippen LogP contribution in [-0.2, 0) is 16.6 Å². The number of hydrogen-bond acceptors (Lipinski definition) is 6. The molecule has 1 saturated carbocycles. The van der Waals surface area contributed by atoms with E-state index in [0.29, 0.717) is 18.1 Å². The minimum absolute atomic E-state index is 0.0372. The smallest absolute Gasteiger partial charge is 0.251 e. The van der Waals surface area contributed by atoms with Gasteiger partial charge in [0.1, 0.15) is 10.6 Å². The normalized spacial score (nSPS) is 14.1. The molecule has 0 spiro atoms. The lowest BCUT2D eigenvalue weighted by Gasteiger charge is -2.16. The van der Waals surface area contributed by atoms with Gasteiger partial charge in [0.2, 0.25) is 10.0 Å². The van der Waals surface area contributed by atoms with Gasteiger partial charge in [0.25, 0.3) is 5.91 Å². The van der Waals surface area contributed by atoms with Gasteiger partial charge in [-0.15, -0.1) is 0 Å². The van der Waals surface area contributed by atoms with Crippen LogP contribution in [0.15, 0.2) is 41.3 Å². The van der Waals surface area contributed by atoms with Gasteiger partial charge in [-0.1, -0.05) is 32.3 Å². The number of ether oxygens (including phenoxy) is 3. The van der Waals surface area contributed by atoms with Crippen LogP contribution < -0.4 is 24.2 Å². The van der Waals surface area contributed by atoms with Crippen LogP contribution in [0.3, 0.4) is 0 Å². The fourth-order valence-corrected chi connectivity index (χ4v) is 5.41. The largest absolute Gasteiger partial charge is 0.495 e. The van der Waals surface area contributed by atoms with Gasteiger partial charge in [0.15, 0.2) is 11.5 Å². The summed E-state index contributed by atoms with van der Waals surface area (Å²) in [5.74, 6) is 1.07. The third kappa shape index (κ3) is 6.64. The Bertz CT molecular complexity index is 1080. The molecule has 8 nitrogen and oxygen atoms in total. The van der Waals surface area contributed by atoms with E-state index in [1.807, 2.05) is 18.2 Å². The van der Waals surface area contributed by atoms with E-state index in [0.717, 1.165) is 44.1 Å². The number of rotatable bonds is 12. The maximum Gasteiger partial charge on any atom is 0.251 e. The molecule has 0 heterocycles. The quantitative estimate of drug-likeness (QED) is 0.436. The number of carbonyl (C=O) groups is 1. The van der Waals surface area contributed by atoms with Gasteiger partial charge in [-0.25, -0.2) is 13.1 Å². The van der Waals surface area contributed by atoms with Crippen LogP contribution in [0.25, 0.3) is 0 Å². The molecule has 1 fully saturated rings. The Balaban J connectivity index is 1.70. The summed E-state index contributed by atoms with van der Waals surface area (Å²) in [7, 11) is -0.836. The van der Waals surface area contributed by atoms with E-state index in [1.54, 1.807) is 13.2 Å². The Morgan fingerprint density at radius 1 is 1.00 bits per heavy atom. The molecular weight excluding hydrogens is 456 g/mol. The summed E-state index contributed by atoms with van der Waals surface area (Å²) in [5.41, 5.74) is 1.07. The zero-order valence-corrected chi connectivity index (χ0v) is 20.9. The van der Waals surface area contributed by atoms with E-state index in [1.165, 1.54) is 19.2 Å². The summed E-state index contributed by atoms with van der Waals surface area (Å²) in [5, 5.41) is 2.84. The molecule has 2 aromatic rings. The molecule has 0 radical (unpaired) electrons. The molecular formula is C25H34N2O6S. The van der Waals surface area contributed by atoms with Crippen molar-refractivity contribution >= 4 is 15.9 Å². The number of amides is 1. The Hall–Kier alpha value is -2.78. The van der Waals surface area contributed by atoms with Crippen molar-refractivity contribution in [1.29, 1.82) is 0 Å². The van der Waals surface area contributed by atoms with E-state index < -0.39 is 10.0 Å². The summed E-state index contributed by atoms with van der Waals surface area (Å²) in [4.78, 5) is 12.8. The van der Waals surface area contributed by atoms with Crippen molar-refractivity contribution in [3.8, 4) is 17.2 Å². The molecule has 0 aliphatic heterocycles. The Morgan fingerprint density at radius 3 is 2.38 bits per heavy atom. The molecule has 0 unspecified atom stereocenters. The van der Waals surface area contributed by atoms with Crippen LogP contribution in [0.5, 0.6) is 17.2 Å². The minimum Gasteiger partial charge on any atom is -0.495 e. The Kier molecular flexibility index (Phi) is 9.18. The van der Waals surface area contributed by atoms with Gasteiger partial charge in [-0.2, -0.15) is 0 Å². The van der Waals surface area contributed by atoms with Gasteiger partial charge in [-0.05, 0) is 55.2 Å². The van der Waals surface area contributed by atoms with Gasteiger partial charge >= 0.3 is 0 Å². The van der Waals surface area contributed by atoms with Crippen molar-refractivity contribution in [2.24, 2.45) is 0 Å². The molecule has 0 atom stereocenters. The number of unbranched alkanes of at least 4 members (excludes halogenated alkanes) is 1. The van der Waals surface area contributed by atoms with Crippen LogP contribution in [-0.4, -0.2) is 41.2 Å². The van der Waals surface area contributed by atoms with Crippen LogP contribution in [0.4, 0.5) is 0 Å².